The Morgan fingerprint density at radius 3 is 2.65 bits per heavy atom. The van der Waals surface area contributed by atoms with Gasteiger partial charge in [-0.05, 0) is 36.8 Å². The third-order valence-electron chi connectivity index (χ3n) is 4.33. The number of para-hydroxylation sites is 1. The molecule has 0 aromatic heterocycles. The van der Waals surface area contributed by atoms with Crippen LogP contribution in [-0.2, 0) is 21.2 Å². The van der Waals surface area contributed by atoms with Crippen LogP contribution in [0.15, 0.2) is 24.3 Å². The number of piperidine rings is 1. The van der Waals surface area contributed by atoms with E-state index in [1.807, 2.05) is 19.1 Å². The molecule has 0 spiro atoms. The third kappa shape index (κ3) is 4.47. The first-order valence-corrected chi connectivity index (χ1v) is 10.0. The number of carbonyl (C=O) groups excluding carboxylic acids is 1. The van der Waals surface area contributed by atoms with Crippen molar-refractivity contribution in [3.63, 3.8) is 0 Å². The van der Waals surface area contributed by atoms with Crippen LogP contribution >= 0.6 is 0 Å². The first-order chi connectivity index (χ1) is 10.8. The topological polar surface area (TPSA) is 57.7 Å². The zero-order chi connectivity index (χ0) is 17.0. The lowest BCUT2D eigenvalue weighted by Crippen LogP contribution is -2.46. The third-order valence-corrected chi connectivity index (χ3v) is 5.46. The lowest BCUT2D eigenvalue weighted by atomic mass is 10.0. The monoisotopic (exact) mass is 338 g/mol. The first kappa shape index (κ1) is 17.8. The number of hydrogen-bond donors (Lipinski definition) is 0. The Bertz CT molecular complexity index is 658. The van der Waals surface area contributed by atoms with Crippen molar-refractivity contribution in [1.29, 1.82) is 0 Å². The zero-order valence-electron chi connectivity index (χ0n) is 14.2. The molecule has 1 aliphatic heterocycles. The fourth-order valence-corrected chi connectivity index (χ4v) is 3.95. The van der Waals surface area contributed by atoms with Crippen molar-refractivity contribution in [3.05, 3.63) is 29.8 Å². The highest BCUT2D eigenvalue weighted by Crippen LogP contribution is 2.24. The van der Waals surface area contributed by atoms with E-state index in [-0.39, 0.29) is 12.5 Å². The Balaban J connectivity index is 2.25. The van der Waals surface area contributed by atoms with Gasteiger partial charge in [0.05, 0.1) is 11.9 Å². The minimum absolute atomic E-state index is 0.118. The average Bonchev–Trinajstić information content (AvgIpc) is 2.51. The Kier molecular flexibility index (Phi) is 5.68. The maximum Gasteiger partial charge on any atom is 0.243 e. The summed E-state index contributed by atoms with van der Waals surface area (Å²) in [7, 11) is -3.51. The van der Waals surface area contributed by atoms with E-state index < -0.39 is 10.0 Å². The second-order valence-electron chi connectivity index (χ2n) is 6.34. The number of rotatable bonds is 5. The fourth-order valence-electron chi connectivity index (χ4n) is 3.07. The van der Waals surface area contributed by atoms with Gasteiger partial charge >= 0.3 is 0 Å². The summed E-state index contributed by atoms with van der Waals surface area (Å²) in [5.74, 6) is 0.357. The number of sulfonamides is 1. The summed E-state index contributed by atoms with van der Waals surface area (Å²) in [5, 5.41) is 0. The van der Waals surface area contributed by atoms with Crippen molar-refractivity contribution in [1.82, 2.24) is 4.90 Å². The van der Waals surface area contributed by atoms with Crippen molar-refractivity contribution in [3.8, 4) is 0 Å². The Labute approximate surface area is 139 Å². The lowest BCUT2D eigenvalue weighted by Gasteiger charge is -2.33. The second-order valence-corrected chi connectivity index (χ2v) is 8.25. The average molecular weight is 338 g/mol. The van der Waals surface area contributed by atoms with Gasteiger partial charge in [-0.1, -0.05) is 32.0 Å². The second kappa shape index (κ2) is 7.34. The van der Waals surface area contributed by atoms with E-state index in [4.69, 9.17) is 0 Å². The van der Waals surface area contributed by atoms with Gasteiger partial charge in [0.1, 0.15) is 6.54 Å². The van der Waals surface area contributed by atoms with Crippen LogP contribution in [0, 0.1) is 5.92 Å². The molecular formula is C17H26N2O3S. The van der Waals surface area contributed by atoms with Crippen LogP contribution in [0.4, 0.5) is 5.69 Å². The van der Waals surface area contributed by atoms with Gasteiger partial charge in [-0.2, -0.15) is 0 Å². The molecule has 6 heteroatoms. The summed E-state index contributed by atoms with van der Waals surface area (Å²) < 4.78 is 25.7. The van der Waals surface area contributed by atoms with Crippen LogP contribution in [0.2, 0.25) is 0 Å². The highest BCUT2D eigenvalue weighted by Gasteiger charge is 2.27. The van der Waals surface area contributed by atoms with E-state index in [1.54, 1.807) is 17.0 Å². The largest absolute Gasteiger partial charge is 0.341 e. The number of aryl methyl sites for hydroxylation is 1. The summed E-state index contributed by atoms with van der Waals surface area (Å²) in [6, 6.07) is 7.37. The number of likely N-dealkylation sites (tertiary alicyclic amines) is 1. The predicted molar refractivity (Wildman–Crippen MR) is 93.0 cm³/mol. The molecule has 2 rings (SSSR count). The molecule has 1 aliphatic rings. The van der Waals surface area contributed by atoms with Crippen molar-refractivity contribution < 1.29 is 13.2 Å². The molecule has 1 atom stereocenters. The van der Waals surface area contributed by atoms with Gasteiger partial charge in [0, 0.05) is 13.1 Å². The van der Waals surface area contributed by atoms with Crippen LogP contribution < -0.4 is 4.31 Å². The first-order valence-electron chi connectivity index (χ1n) is 8.16. The van der Waals surface area contributed by atoms with Crippen LogP contribution in [0.3, 0.4) is 0 Å². The van der Waals surface area contributed by atoms with Gasteiger partial charge in [0.25, 0.3) is 0 Å². The van der Waals surface area contributed by atoms with Gasteiger partial charge in [0.15, 0.2) is 0 Å². The van der Waals surface area contributed by atoms with E-state index in [1.165, 1.54) is 4.31 Å². The number of carbonyl (C=O) groups is 1. The molecule has 1 aromatic carbocycles. The van der Waals surface area contributed by atoms with Gasteiger partial charge in [-0.25, -0.2) is 8.42 Å². The van der Waals surface area contributed by atoms with Crippen molar-refractivity contribution in [2.45, 2.75) is 33.1 Å². The molecule has 1 heterocycles. The molecule has 23 heavy (non-hydrogen) atoms. The number of amides is 1. The van der Waals surface area contributed by atoms with Gasteiger partial charge in [-0.15, -0.1) is 0 Å². The van der Waals surface area contributed by atoms with Crippen LogP contribution in [0.1, 0.15) is 32.3 Å². The molecule has 1 saturated heterocycles. The van der Waals surface area contributed by atoms with E-state index in [2.05, 4.69) is 6.92 Å². The minimum Gasteiger partial charge on any atom is -0.341 e. The maximum atomic E-state index is 12.6. The molecular weight excluding hydrogens is 312 g/mol. The molecule has 0 unspecified atom stereocenters. The molecule has 128 valence electrons. The molecule has 0 N–H and O–H groups in total. The van der Waals surface area contributed by atoms with Crippen LogP contribution in [0.25, 0.3) is 0 Å². The molecule has 0 radical (unpaired) electrons. The number of anilines is 1. The number of benzene rings is 1. The fraction of sp³-hybridized carbons (Fsp3) is 0.588. The van der Waals surface area contributed by atoms with Gasteiger partial charge < -0.3 is 4.90 Å². The van der Waals surface area contributed by atoms with Crippen molar-refractivity contribution in [2.24, 2.45) is 5.92 Å². The number of hydrogen-bond acceptors (Lipinski definition) is 3. The van der Waals surface area contributed by atoms with E-state index >= 15 is 0 Å². The summed E-state index contributed by atoms with van der Waals surface area (Å²) in [6.45, 7) is 5.41. The lowest BCUT2D eigenvalue weighted by molar-refractivity contribution is -0.131. The molecule has 1 aromatic rings. The summed E-state index contributed by atoms with van der Waals surface area (Å²) in [5.41, 5.74) is 1.54. The Hall–Kier alpha value is -1.56. The zero-order valence-corrected chi connectivity index (χ0v) is 15.0. The van der Waals surface area contributed by atoms with E-state index in [9.17, 15) is 13.2 Å². The Morgan fingerprint density at radius 2 is 2.04 bits per heavy atom. The quantitative estimate of drug-likeness (QED) is 0.827. The van der Waals surface area contributed by atoms with Crippen LogP contribution in [-0.4, -0.2) is 45.1 Å². The molecule has 0 aliphatic carbocycles. The van der Waals surface area contributed by atoms with E-state index in [0.29, 0.717) is 18.2 Å². The van der Waals surface area contributed by atoms with Crippen molar-refractivity contribution >= 4 is 21.6 Å². The summed E-state index contributed by atoms with van der Waals surface area (Å²) in [4.78, 5) is 14.4. The summed E-state index contributed by atoms with van der Waals surface area (Å²) in [6.07, 6.45) is 3.98. The Morgan fingerprint density at radius 1 is 1.35 bits per heavy atom. The standard InChI is InChI=1S/C17H26N2O3S/c1-4-15-9-5-6-10-16(15)19(23(3,21)22)13-17(20)18-11-7-8-14(2)12-18/h5-6,9-10,14H,4,7-8,11-13H2,1-3H3/t14-/m0/s1. The normalized spacial score (nSPS) is 18.7. The maximum absolute atomic E-state index is 12.6. The van der Waals surface area contributed by atoms with Gasteiger partial charge in [-0.3, -0.25) is 9.10 Å². The molecule has 0 bridgehead atoms. The van der Waals surface area contributed by atoms with Crippen molar-refractivity contribution in [2.75, 3.05) is 30.2 Å². The smallest absolute Gasteiger partial charge is 0.243 e. The minimum atomic E-state index is -3.51. The molecule has 1 fully saturated rings. The SMILES string of the molecule is CCc1ccccc1N(CC(=O)N1CCC[C@H](C)C1)S(C)(=O)=O. The molecule has 0 saturated carbocycles. The highest BCUT2D eigenvalue weighted by atomic mass is 32.2. The van der Waals surface area contributed by atoms with E-state index in [0.717, 1.165) is 37.6 Å². The molecule has 1 amide bonds. The predicted octanol–water partition coefficient (Wildman–Crippen LogP) is 2.27. The van der Waals surface area contributed by atoms with Gasteiger partial charge in [0.2, 0.25) is 15.9 Å². The van der Waals surface area contributed by atoms with Crippen LogP contribution in [0.5, 0.6) is 0 Å². The summed E-state index contributed by atoms with van der Waals surface area (Å²) >= 11 is 0. The highest BCUT2D eigenvalue weighted by molar-refractivity contribution is 7.92. The molecule has 5 nitrogen and oxygen atoms in total. The number of nitrogens with zero attached hydrogens (tertiary/aromatic N) is 2.